The Kier molecular flexibility index (Phi) is 5.35. The number of cyclic esters (lactones) is 1. The Hall–Kier alpha value is -2.05. The van der Waals surface area contributed by atoms with Gasteiger partial charge in [-0.2, -0.15) is 13.2 Å². The number of aliphatic hydroxyl groups excluding tert-OH is 1. The maximum Gasteiger partial charge on any atom is 0.420 e. The lowest BCUT2D eigenvalue weighted by Gasteiger charge is -2.38. The number of imidazole rings is 1. The van der Waals surface area contributed by atoms with E-state index in [1.807, 2.05) is 0 Å². The van der Waals surface area contributed by atoms with Crippen molar-refractivity contribution in [2.45, 2.75) is 24.7 Å². The number of alkyl halides is 3. The van der Waals surface area contributed by atoms with Gasteiger partial charge < -0.3 is 14.7 Å². The maximum atomic E-state index is 13.4. The first-order valence-electron chi connectivity index (χ1n) is 8.93. The standard InChI is InChI=1S/C17H15BrClF3N4O4/c18-8-5-9(17(20,21)22)14-23-12(13(19)26(14)6-8)15(28)24-2-1-10(11(27)7-24)25-3-4-30-16(25)29/h5-6,10-11,27H,1-4,7H2/t10-,11+/m0/s1. The van der Waals surface area contributed by atoms with E-state index in [1.165, 1.54) is 16.0 Å². The monoisotopic (exact) mass is 510 g/mol. The molecule has 13 heteroatoms. The Labute approximate surface area is 181 Å². The topological polar surface area (TPSA) is 87.4 Å². The summed E-state index contributed by atoms with van der Waals surface area (Å²) in [6, 6.07) is 0.352. The molecule has 0 spiro atoms. The second kappa shape index (κ2) is 7.57. The number of fused-ring (bicyclic) bond motifs is 1. The van der Waals surface area contributed by atoms with Gasteiger partial charge in [-0.1, -0.05) is 11.6 Å². The van der Waals surface area contributed by atoms with Gasteiger partial charge in [0.2, 0.25) is 0 Å². The smallest absolute Gasteiger partial charge is 0.420 e. The van der Waals surface area contributed by atoms with Crippen LogP contribution in [0.2, 0.25) is 5.15 Å². The first-order chi connectivity index (χ1) is 14.1. The van der Waals surface area contributed by atoms with Crippen LogP contribution in [0.5, 0.6) is 0 Å². The summed E-state index contributed by atoms with van der Waals surface area (Å²) in [6.45, 7) is 0.637. The number of carbonyl (C=O) groups excluding carboxylic acids is 2. The summed E-state index contributed by atoms with van der Waals surface area (Å²) < 4.78 is 46.1. The van der Waals surface area contributed by atoms with E-state index in [0.717, 1.165) is 10.5 Å². The van der Waals surface area contributed by atoms with Crippen LogP contribution in [0, 0.1) is 0 Å². The molecule has 4 heterocycles. The summed E-state index contributed by atoms with van der Waals surface area (Å²) in [7, 11) is 0. The molecule has 0 unspecified atom stereocenters. The molecule has 1 N–H and O–H groups in total. The lowest BCUT2D eigenvalue weighted by atomic mass is 10.00. The summed E-state index contributed by atoms with van der Waals surface area (Å²) in [5, 5.41) is 10.2. The minimum Gasteiger partial charge on any atom is -0.448 e. The second-order valence-electron chi connectivity index (χ2n) is 7.00. The number of rotatable bonds is 2. The van der Waals surface area contributed by atoms with Crippen LogP contribution in [-0.4, -0.2) is 74.7 Å². The van der Waals surface area contributed by atoms with Crippen LogP contribution < -0.4 is 0 Å². The minimum atomic E-state index is -4.70. The van der Waals surface area contributed by atoms with Gasteiger partial charge in [0.15, 0.2) is 11.3 Å². The molecule has 2 saturated heterocycles. The quantitative estimate of drug-likeness (QED) is 0.670. The first kappa shape index (κ1) is 21.2. The Morgan fingerprint density at radius 2 is 2.10 bits per heavy atom. The van der Waals surface area contributed by atoms with Gasteiger partial charge in [-0.15, -0.1) is 0 Å². The first-order valence-corrected chi connectivity index (χ1v) is 10.1. The third-order valence-electron chi connectivity index (χ3n) is 5.16. The number of ether oxygens (including phenoxy) is 1. The number of β-amino-alcohol motifs (C(OH)–C–C–N with tert-alkyl or cyclic N) is 1. The fourth-order valence-corrected chi connectivity index (χ4v) is 4.44. The summed E-state index contributed by atoms with van der Waals surface area (Å²) in [4.78, 5) is 31.2. The van der Waals surface area contributed by atoms with Gasteiger partial charge in [0.25, 0.3) is 5.91 Å². The lowest BCUT2D eigenvalue weighted by Crippen LogP contribution is -2.55. The molecule has 4 rings (SSSR count). The van der Waals surface area contributed by atoms with E-state index in [4.69, 9.17) is 16.3 Å². The summed E-state index contributed by atoms with van der Waals surface area (Å²) in [5.41, 5.74) is -1.87. The molecule has 162 valence electrons. The fraction of sp³-hybridized carbons (Fsp3) is 0.471. The number of nitrogens with zero attached hydrogens (tertiary/aromatic N) is 4. The molecular formula is C17H15BrClF3N4O4. The molecule has 0 aromatic carbocycles. The van der Waals surface area contributed by atoms with Crippen LogP contribution in [-0.2, 0) is 10.9 Å². The van der Waals surface area contributed by atoms with Gasteiger partial charge in [0.05, 0.1) is 24.3 Å². The molecule has 2 aromatic rings. The number of likely N-dealkylation sites (tertiary alicyclic amines) is 1. The van der Waals surface area contributed by atoms with Crippen LogP contribution in [0.3, 0.4) is 0 Å². The van der Waals surface area contributed by atoms with Crippen molar-refractivity contribution in [3.05, 3.63) is 33.1 Å². The number of halogens is 5. The zero-order valence-corrected chi connectivity index (χ0v) is 17.5. The Morgan fingerprint density at radius 1 is 1.37 bits per heavy atom. The molecule has 2 aromatic heterocycles. The predicted molar refractivity (Wildman–Crippen MR) is 101 cm³/mol. The van der Waals surface area contributed by atoms with E-state index in [2.05, 4.69) is 20.9 Å². The zero-order chi connectivity index (χ0) is 21.8. The van der Waals surface area contributed by atoms with Gasteiger partial charge in [-0.25, -0.2) is 9.78 Å². The van der Waals surface area contributed by atoms with E-state index in [9.17, 15) is 27.9 Å². The Balaban J connectivity index is 1.61. The van der Waals surface area contributed by atoms with E-state index in [-0.39, 0.29) is 41.4 Å². The molecule has 0 bridgehead atoms. The Morgan fingerprint density at radius 3 is 2.70 bits per heavy atom. The van der Waals surface area contributed by atoms with Crippen LogP contribution in [0.25, 0.3) is 5.65 Å². The molecule has 30 heavy (non-hydrogen) atoms. The van der Waals surface area contributed by atoms with Crippen molar-refractivity contribution in [3.8, 4) is 0 Å². The van der Waals surface area contributed by atoms with E-state index < -0.39 is 41.5 Å². The highest BCUT2D eigenvalue weighted by atomic mass is 79.9. The average molecular weight is 512 g/mol. The molecule has 0 radical (unpaired) electrons. The highest BCUT2D eigenvalue weighted by Gasteiger charge is 2.40. The van der Waals surface area contributed by atoms with Crippen molar-refractivity contribution in [3.63, 3.8) is 0 Å². The third-order valence-corrected chi connectivity index (χ3v) is 5.96. The SMILES string of the molecule is O=C(c1nc2c(C(F)(F)F)cc(Br)cn2c1Cl)N1CC[C@H](N2CCOC2=O)[C@H](O)C1. The number of aliphatic hydroxyl groups is 1. The minimum absolute atomic E-state index is 0.118. The van der Waals surface area contributed by atoms with E-state index >= 15 is 0 Å². The number of aromatic nitrogens is 2. The second-order valence-corrected chi connectivity index (χ2v) is 8.27. The molecule has 2 atom stereocenters. The molecule has 0 saturated carbocycles. The summed E-state index contributed by atoms with van der Waals surface area (Å²) in [6.07, 6.45) is -4.68. The zero-order valence-electron chi connectivity index (χ0n) is 15.2. The molecule has 2 aliphatic heterocycles. The largest absolute Gasteiger partial charge is 0.448 e. The number of hydrogen-bond acceptors (Lipinski definition) is 5. The molecule has 2 fully saturated rings. The molecular weight excluding hydrogens is 497 g/mol. The van der Waals surface area contributed by atoms with Crippen molar-refractivity contribution in [2.24, 2.45) is 0 Å². The van der Waals surface area contributed by atoms with E-state index in [1.54, 1.807) is 0 Å². The van der Waals surface area contributed by atoms with E-state index in [0.29, 0.717) is 6.54 Å². The van der Waals surface area contributed by atoms with Gasteiger partial charge in [0.1, 0.15) is 11.8 Å². The highest BCUT2D eigenvalue weighted by molar-refractivity contribution is 9.10. The van der Waals surface area contributed by atoms with Crippen LogP contribution in [0.4, 0.5) is 18.0 Å². The van der Waals surface area contributed by atoms with Crippen LogP contribution >= 0.6 is 27.5 Å². The molecule has 0 aliphatic carbocycles. The van der Waals surface area contributed by atoms with Gasteiger partial charge in [-0.05, 0) is 28.4 Å². The van der Waals surface area contributed by atoms with Crippen molar-refractivity contribution in [1.82, 2.24) is 19.2 Å². The molecule has 2 amide bonds. The van der Waals surface area contributed by atoms with Crippen LogP contribution in [0.15, 0.2) is 16.7 Å². The number of amides is 2. The lowest BCUT2D eigenvalue weighted by molar-refractivity contribution is -0.136. The van der Waals surface area contributed by atoms with Crippen LogP contribution in [0.1, 0.15) is 22.5 Å². The average Bonchev–Trinajstić information content (AvgIpc) is 3.23. The van der Waals surface area contributed by atoms with Crippen molar-refractivity contribution < 1.29 is 32.6 Å². The summed E-state index contributed by atoms with van der Waals surface area (Å²) >= 11 is 9.19. The number of hydrogen-bond donors (Lipinski definition) is 1. The summed E-state index contributed by atoms with van der Waals surface area (Å²) in [5.74, 6) is -0.700. The molecule has 8 nitrogen and oxygen atoms in total. The molecule has 2 aliphatic rings. The number of carbonyl (C=O) groups is 2. The predicted octanol–water partition coefficient (Wildman–Crippen LogP) is 2.80. The highest BCUT2D eigenvalue weighted by Crippen LogP contribution is 2.36. The maximum absolute atomic E-state index is 13.4. The van der Waals surface area contributed by atoms with Crippen molar-refractivity contribution >= 4 is 45.2 Å². The van der Waals surface area contributed by atoms with Crippen molar-refractivity contribution in [2.75, 3.05) is 26.2 Å². The van der Waals surface area contributed by atoms with Gasteiger partial charge >= 0.3 is 12.3 Å². The number of piperidine rings is 1. The Bertz CT molecular complexity index is 1030. The third kappa shape index (κ3) is 3.60. The fourth-order valence-electron chi connectivity index (χ4n) is 3.75. The van der Waals surface area contributed by atoms with Crippen molar-refractivity contribution in [1.29, 1.82) is 0 Å². The normalized spacial score (nSPS) is 22.7. The number of pyridine rings is 1. The van der Waals surface area contributed by atoms with Gasteiger partial charge in [-0.3, -0.25) is 14.1 Å². The van der Waals surface area contributed by atoms with Gasteiger partial charge in [0, 0.05) is 23.8 Å².